The Morgan fingerprint density at radius 1 is 1.35 bits per heavy atom. The van der Waals surface area contributed by atoms with E-state index in [0.717, 1.165) is 0 Å². The molecule has 1 rings (SSSR count). The summed E-state index contributed by atoms with van der Waals surface area (Å²) >= 11 is 0. The van der Waals surface area contributed by atoms with Gasteiger partial charge in [0.25, 0.3) is 0 Å². The predicted molar refractivity (Wildman–Crippen MR) is 74.2 cm³/mol. The third-order valence-corrected chi connectivity index (χ3v) is 2.97. The Kier molecular flexibility index (Phi) is 5.96. The number of hydrogen-bond acceptors (Lipinski definition) is 2. The number of carbonyl (C=O) groups is 2. The van der Waals surface area contributed by atoms with Crippen molar-refractivity contribution < 1.29 is 19.1 Å². The van der Waals surface area contributed by atoms with Gasteiger partial charge >= 0.3 is 12.0 Å². The van der Waals surface area contributed by atoms with E-state index in [4.69, 9.17) is 5.11 Å². The molecule has 1 unspecified atom stereocenters. The summed E-state index contributed by atoms with van der Waals surface area (Å²) in [5, 5.41) is 11.4. The second-order valence-electron chi connectivity index (χ2n) is 4.48. The third-order valence-electron chi connectivity index (χ3n) is 2.97. The number of amides is 2. The molecule has 0 radical (unpaired) electrons. The maximum Gasteiger partial charge on any atom is 0.321 e. The van der Waals surface area contributed by atoms with Gasteiger partial charge in [0.15, 0.2) is 0 Å². The highest BCUT2D eigenvalue weighted by atomic mass is 19.1. The van der Waals surface area contributed by atoms with Crippen molar-refractivity contribution in [1.29, 1.82) is 0 Å². The van der Waals surface area contributed by atoms with Crippen molar-refractivity contribution >= 4 is 17.7 Å². The van der Waals surface area contributed by atoms with E-state index in [0.29, 0.717) is 18.7 Å². The van der Waals surface area contributed by atoms with Gasteiger partial charge in [0, 0.05) is 18.8 Å². The molecule has 0 aliphatic carbocycles. The summed E-state index contributed by atoms with van der Waals surface area (Å²) in [5.41, 5.74) is 0.595. The molecule has 0 aliphatic rings. The summed E-state index contributed by atoms with van der Waals surface area (Å²) in [6.07, 6.45) is 0.363. The van der Waals surface area contributed by atoms with Gasteiger partial charge in [0.1, 0.15) is 5.82 Å². The van der Waals surface area contributed by atoms with Crippen LogP contribution in [-0.2, 0) is 4.79 Å². The summed E-state index contributed by atoms with van der Waals surface area (Å²) in [5.74, 6) is -1.75. The Labute approximate surface area is 117 Å². The normalized spacial score (nSPS) is 11.8. The van der Waals surface area contributed by atoms with Crippen molar-refractivity contribution in [3.63, 3.8) is 0 Å². The number of benzene rings is 1. The summed E-state index contributed by atoms with van der Waals surface area (Å²) in [4.78, 5) is 24.1. The zero-order valence-corrected chi connectivity index (χ0v) is 11.6. The van der Waals surface area contributed by atoms with Crippen molar-refractivity contribution in [2.45, 2.75) is 20.3 Å². The van der Waals surface area contributed by atoms with Crippen molar-refractivity contribution in [1.82, 2.24) is 5.32 Å². The highest BCUT2D eigenvalue weighted by Gasteiger charge is 2.15. The third kappa shape index (κ3) is 4.53. The van der Waals surface area contributed by atoms with Crippen LogP contribution in [0.2, 0.25) is 0 Å². The Bertz CT molecular complexity index is 462. The summed E-state index contributed by atoms with van der Waals surface area (Å²) in [6, 6.07) is 5.31. The fraction of sp³-hybridized carbons (Fsp3) is 0.429. The number of nitrogens with one attached hydrogen (secondary N) is 1. The van der Waals surface area contributed by atoms with Gasteiger partial charge < -0.3 is 10.4 Å². The van der Waals surface area contributed by atoms with Gasteiger partial charge in [-0.1, -0.05) is 6.92 Å². The molecule has 2 amide bonds. The smallest absolute Gasteiger partial charge is 0.321 e. The highest BCUT2D eigenvalue weighted by Crippen LogP contribution is 2.14. The minimum Gasteiger partial charge on any atom is -0.481 e. The van der Waals surface area contributed by atoms with Crippen molar-refractivity contribution in [3.05, 3.63) is 30.1 Å². The van der Waals surface area contributed by atoms with E-state index < -0.39 is 11.9 Å². The van der Waals surface area contributed by atoms with E-state index in [1.54, 1.807) is 6.92 Å². The van der Waals surface area contributed by atoms with Crippen LogP contribution in [0.3, 0.4) is 0 Å². The molecule has 1 aromatic rings. The van der Waals surface area contributed by atoms with Gasteiger partial charge in [0.2, 0.25) is 0 Å². The number of nitrogens with zero attached hydrogens (tertiary/aromatic N) is 1. The minimum atomic E-state index is -0.884. The van der Waals surface area contributed by atoms with E-state index >= 15 is 0 Å². The molecular formula is C14H19FN2O3. The Morgan fingerprint density at radius 3 is 2.45 bits per heavy atom. The first-order valence-electron chi connectivity index (χ1n) is 6.49. The molecular weight excluding hydrogens is 263 g/mol. The first kappa shape index (κ1) is 15.9. The molecule has 5 nitrogen and oxygen atoms in total. The molecule has 6 heteroatoms. The topological polar surface area (TPSA) is 69.6 Å². The Balaban J connectivity index is 2.55. The molecule has 110 valence electrons. The molecule has 1 atom stereocenters. The zero-order chi connectivity index (χ0) is 15.1. The molecule has 2 N–H and O–H groups in total. The van der Waals surface area contributed by atoms with Crippen LogP contribution in [0.5, 0.6) is 0 Å². The largest absolute Gasteiger partial charge is 0.481 e. The highest BCUT2D eigenvalue weighted by molar-refractivity contribution is 5.91. The summed E-state index contributed by atoms with van der Waals surface area (Å²) in [6.45, 7) is 4.12. The number of hydrogen-bond donors (Lipinski definition) is 2. The van der Waals surface area contributed by atoms with Crippen LogP contribution in [0.25, 0.3) is 0 Å². The van der Waals surface area contributed by atoms with Crippen molar-refractivity contribution in [2.24, 2.45) is 5.92 Å². The Hall–Kier alpha value is -2.11. The molecule has 0 heterocycles. The summed E-state index contributed by atoms with van der Waals surface area (Å²) in [7, 11) is 0. The molecule has 20 heavy (non-hydrogen) atoms. The van der Waals surface area contributed by atoms with Crippen LogP contribution in [-0.4, -0.2) is 30.2 Å². The monoisotopic (exact) mass is 282 g/mol. The molecule has 0 spiro atoms. The average Bonchev–Trinajstić information content (AvgIpc) is 2.41. The Morgan fingerprint density at radius 2 is 1.95 bits per heavy atom. The standard InChI is InChI=1S/C14H19FN2O3/c1-3-17(12-6-4-11(15)5-7-12)14(20)16-9-8-10(2)13(18)19/h4-7,10H,3,8-9H2,1-2H3,(H,16,20)(H,18,19). The van der Waals surface area contributed by atoms with E-state index in [9.17, 15) is 14.0 Å². The lowest BCUT2D eigenvalue weighted by Gasteiger charge is -2.21. The molecule has 1 aromatic carbocycles. The number of aliphatic carboxylic acids is 1. The second kappa shape index (κ2) is 7.47. The lowest BCUT2D eigenvalue weighted by molar-refractivity contribution is -0.141. The maximum absolute atomic E-state index is 12.8. The van der Waals surface area contributed by atoms with E-state index in [1.165, 1.54) is 29.2 Å². The number of halogens is 1. The van der Waals surface area contributed by atoms with Gasteiger partial charge in [-0.05, 0) is 37.6 Å². The van der Waals surface area contributed by atoms with Crippen molar-refractivity contribution in [3.8, 4) is 0 Å². The van der Waals surface area contributed by atoms with E-state index in [2.05, 4.69) is 5.32 Å². The van der Waals surface area contributed by atoms with Crippen LogP contribution in [0.4, 0.5) is 14.9 Å². The average molecular weight is 282 g/mol. The molecule has 0 saturated heterocycles. The van der Waals surface area contributed by atoms with Crippen LogP contribution < -0.4 is 10.2 Å². The van der Waals surface area contributed by atoms with Crippen LogP contribution >= 0.6 is 0 Å². The molecule has 0 aliphatic heterocycles. The fourth-order valence-electron chi connectivity index (χ4n) is 1.68. The molecule has 0 bridgehead atoms. The molecule has 0 aromatic heterocycles. The van der Waals surface area contributed by atoms with Gasteiger partial charge in [-0.2, -0.15) is 0 Å². The minimum absolute atomic E-state index is 0.282. The number of urea groups is 1. The first-order valence-corrected chi connectivity index (χ1v) is 6.49. The zero-order valence-electron chi connectivity index (χ0n) is 11.6. The number of carboxylic acids is 1. The lowest BCUT2D eigenvalue weighted by Crippen LogP contribution is -2.40. The molecule has 0 saturated carbocycles. The van der Waals surface area contributed by atoms with Crippen molar-refractivity contribution in [2.75, 3.05) is 18.0 Å². The molecule has 0 fully saturated rings. The number of rotatable bonds is 6. The van der Waals surface area contributed by atoms with Gasteiger partial charge in [0.05, 0.1) is 5.92 Å². The van der Waals surface area contributed by atoms with Crippen LogP contribution in [0.15, 0.2) is 24.3 Å². The first-order chi connectivity index (χ1) is 9.45. The quantitative estimate of drug-likeness (QED) is 0.842. The predicted octanol–water partition coefficient (Wildman–Crippen LogP) is 2.47. The van der Waals surface area contributed by atoms with E-state index in [1.807, 2.05) is 6.92 Å². The fourth-order valence-corrected chi connectivity index (χ4v) is 1.68. The van der Waals surface area contributed by atoms with Crippen LogP contribution in [0.1, 0.15) is 20.3 Å². The van der Waals surface area contributed by atoms with E-state index in [-0.39, 0.29) is 18.4 Å². The number of carboxylic acid groups (broad SMARTS) is 1. The maximum atomic E-state index is 12.8. The van der Waals surface area contributed by atoms with Crippen LogP contribution in [0, 0.1) is 11.7 Å². The number of carbonyl (C=O) groups excluding carboxylic acids is 1. The second-order valence-corrected chi connectivity index (χ2v) is 4.48. The SMILES string of the molecule is CCN(C(=O)NCCC(C)C(=O)O)c1ccc(F)cc1. The number of anilines is 1. The van der Waals surface area contributed by atoms with Gasteiger partial charge in [-0.25, -0.2) is 9.18 Å². The van der Waals surface area contributed by atoms with Gasteiger partial charge in [-0.15, -0.1) is 0 Å². The van der Waals surface area contributed by atoms with Gasteiger partial charge in [-0.3, -0.25) is 9.69 Å². The lowest BCUT2D eigenvalue weighted by atomic mass is 10.1. The summed E-state index contributed by atoms with van der Waals surface area (Å²) < 4.78 is 12.8.